The first kappa shape index (κ1) is 22.0. The van der Waals surface area contributed by atoms with Gasteiger partial charge >= 0.3 is 0 Å². The molecule has 2 unspecified atom stereocenters. The maximum atomic E-state index is 6.05. The van der Waals surface area contributed by atoms with Crippen molar-refractivity contribution < 1.29 is 0 Å². The molecular weight excluding hydrogens is 411 g/mol. The molecule has 2 fully saturated rings. The average molecular weight is 450 g/mol. The van der Waals surface area contributed by atoms with E-state index in [9.17, 15) is 0 Å². The first-order valence-electron chi connectivity index (χ1n) is 9.92. The molecule has 1 aliphatic carbocycles. The highest BCUT2D eigenvalue weighted by Crippen LogP contribution is 2.21. The number of nitrogens with zero attached hydrogens (tertiary/aromatic N) is 2. The second kappa shape index (κ2) is 12.3. The first-order valence-corrected chi connectivity index (χ1v) is 9.92. The summed E-state index contributed by atoms with van der Waals surface area (Å²) in [7, 11) is 0. The molecule has 0 aromatic heterocycles. The normalized spacial score (nSPS) is 27.3. The van der Waals surface area contributed by atoms with E-state index >= 15 is 0 Å². The van der Waals surface area contributed by atoms with Gasteiger partial charge in [0.1, 0.15) is 0 Å². The summed E-state index contributed by atoms with van der Waals surface area (Å²) in [6.07, 6.45) is 11.7. The van der Waals surface area contributed by atoms with Gasteiger partial charge in [-0.15, -0.1) is 24.0 Å². The predicted molar refractivity (Wildman–Crippen MR) is 115 cm³/mol. The number of nitrogens with two attached hydrogens (primary N) is 1. The Morgan fingerprint density at radius 2 is 1.67 bits per heavy atom. The van der Waals surface area contributed by atoms with Crippen molar-refractivity contribution in [2.24, 2.45) is 22.6 Å². The third kappa shape index (κ3) is 8.88. The minimum Gasteiger partial charge on any atom is -0.370 e. The number of hydrogen-bond donors (Lipinski definition) is 2. The number of unbranched alkanes of at least 4 members (excludes halogenated alkanes) is 1. The highest BCUT2D eigenvalue weighted by molar-refractivity contribution is 14.0. The van der Waals surface area contributed by atoms with E-state index in [1.807, 2.05) is 0 Å². The van der Waals surface area contributed by atoms with Crippen LogP contribution in [0.1, 0.15) is 71.6 Å². The molecule has 2 aliphatic rings. The minimum absolute atomic E-state index is 0. The second-order valence-corrected chi connectivity index (χ2v) is 8.01. The third-order valence-corrected chi connectivity index (χ3v) is 5.32. The van der Waals surface area contributed by atoms with Crippen LogP contribution in [0.15, 0.2) is 4.99 Å². The standard InChI is InChI=1S/C19H38N4.HI/c1-16-13-17(2)15-23(14-16)12-8-7-11-21-19(20)22-18-9-5-3-4-6-10-18;/h16-18H,3-15H2,1-2H3,(H3,20,21,22);1H. The molecule has 0 spiro atoms. The van der Waals surface area contributed by atoms with E-state index in [1.165, 1.54) is 71.0 Å². The maximum absolute atomic E-state index is 6.05. The Morgan fingerprint density at radius 1 is 1.04 bits per heavy atom. The van der Waals surface area contributed by atoms with E-state index < -0.39 is 0 Å². The summed E-state index contributed by atoms with van der Waals surface area (Å²) >= 11 is 0. The molecule has 1 heterocycles. The number of halogens is 1. The molecule has 2 atom stereocenters. The van der Waals surface area contributed by atoms with Crippen LogP contribution in [0, 0.1) is 11.8 Å². The van der Waals surface area contributed by atoms with Crippen molar-refractivity contribution in [3.8, 4) is 0 Å². The monoisotopic (exact) mass is 450 g/mol. The number of piperidine rings is 1. The zero-order chi connectivity index (χ0) is 16.5. The fourth-order valence-corrected chi connectivity index (χ4v) is 4.30. The van der Waals surface area contributed by atoms with Crippen LogP contribution in [0.5, 0.6) is 0 Å². The topological polar surface area (TPSA) is 53.6 Å². The lowest BCUT2D eigenvalue weighted by molar-refractivity contribution is 0.139. The molecule has 0 aromatic rings. The molecule has 1 aliphatic heterocycles. The predicted octanol–water partition coefficient (Wildman–Crippen LogP) is 3.99. The SMILES string of the molecule is CC1CC(C)CN(CCCCN=C(N)NC2CCCCCC2)C1.I. The Balaban J connectivity index is 0.00000288. The van der Waals surface area contributed by atoms with Gasteiger partial charge in [-0.2, -0.15) is 0 Å². The van der Waals surface area contributed by atoms with E-state index in [0.29, 0.717) is 12.0 Å². The Morgan fingerprint density at radius 3 is 2.29 bits per heavy atom. The summed E-state index contributed by atoms with van der Waals surface area (Å²) in [5.74, 6) is 2.38. The zero-order valence-corrected chi connectivity index (χ0v) is 18.1. The van der Waals surface area contributed by atoms with Crippen LogP contribution < -0.4 is 11.1 Å². The average Bonchev–Trinajstić information content (AvgIpc) is 2.74. The van der Waals surface area contributed by atoms with Crippen LogP contribution in [-0.2, 0) is 0 Å². The summed E-state index contributed by atoms with van der Waals surface area (Å²) in [6, 6.07) is 0.553. The van der Waals surface area contributed by atoms with E-state index in [0.717, 1.165) is 24.8 Å². The molecule has 1 saturated heterocycles. The summed E-state index contributed by atoms with van der Waals surface area (Å²) in [5.41, 5.74) is 6.05. The summed E-state index contributed by atoms with van der Waals surface area (Å²) in [4.78, 5) is 7.16. The van der Waals surface area contributed by atoms with E-state index in [-0.39, 0.29) is 24.0 Å². The largest absolute Gasteiger partial charge is 0.370 e. The summed E-state index contributed by atoms with van der Waals surface area (Å²) < 4.78 is 0. The number of guanidine groups is 1. The molecule has 3 N–H and O–H groups in total. The zero-order valence-electron chi connectivity index (χ0n) is 15.8. The third-order valence-electron chi connectivity index (χ3n) is 5.32. The van der Waals surface area contributed by atoms with Gasteiger partial charge < -0.3 is 16.0 Å². The van der Waals surface area contributed by atoms with Crippen LogP contribution in [0.3, 0.4) is 0 Å². The number of hydrogen-bond acceptors (Lipinski definition) is 2. The molecule has 4 nitrogen and oxygen atoms in total. The molecule has 0 aromatic carbocycles. The molecular formula is C19H39IN4. The highest BCUT2D eigenvalue weighted by atomic mass is 127. The van der Waals surface area contributed by atoms with Crippen molar-refractivity contribution in [1.29, 1.82) is 0 Å². The van der Waals surface area contributed by atoms with Crippen LogP contribution >= 0.6 is 24.0 Å². The maximum Gasteiger partial charge on any atom is 0.188 e. The minimum atomic E-state index is 0. The van der Waals surface area contributed by atoms with Gasteiger partial charge in [0.05, 0.1) is 0 Å². The number of aliphatic imine (C=N–C) groups is 1. The van der Waals surface area contributed by atoms with Crippen LogP contribution in [-0.4, -0.2) is 43.1 Å². The van der Waals surface area contributed by atoms with Crippen molar-refractivity contribution in [2.45, 2.75) is 77.7 Å². The number of nitrogens with one attached hydrogen (secondary N) is 1. The van der Waals surface area contributed by atoms with Crippen molar-refractivity contribution in [1.82, 2.24) is 10.2 Å². The summed E-state index contributed by atoms with van der Waals surface area (Å²) in [6.45, 7) is 9.41. The Hall–Kier alpha value is -0.0400. The molecule has 2 rings (SSSR count). The van der Waals surface area contributed by atoms with E-state index in [4.69, 9.17) is 5.73 Å². The van der Waals surface area contributed by atoms with Gasteiger partial charge in [-0.25, -0.2) is 0 Å². The lowest BCUT2D eigenvalue weighted by Gasteiger charge is -2.34. The molecule has 5 heteroatoms. The van der Waals surface area contributed by atoms with Gasteiger partial charge in [-0.05, 0) is 50.5 Å². The Kier molecular flexibility index (Phi) is 11.3. The molecule has 0 bridgehead atoms. The van der Waals surface area contributed by atoms with Crippen molar-refractivity contribution in [3.05, 3.63) is 0 Å². The molecule has 0 radical (unpaired) electrons. The second-order valence-electron chi connectivity index (χ2n) is 8.01. The molecule has 1 saturated carbocycles. The number of likely N-dealkylation sites (tertiary alicyclic amines) is 1. The van der Waals surface area contributed by atoms with E-state index in [2.05, 4.69) is 29.1 Å². The van der Waals surface area contributed by atoms with Gasteiger partial charge in [0.2, 0.25) is 0 Å². The summed E-state index contributed by atoms with van der Waals surface area (Å²) in [5, 5.41) is 3.43. The lowest BCUT2D eigenvalue weighted by Crippen LogP contribution is -2.40. The van der Waals surface area contributed by atoms with Gasteiger partial charge in [-0.3, -0.25) is 4.99 Å². The van der Waals surface area contributed by atoms with Crippen molar-refractivity contribution in [2.75, 3.05) is 26.2 Å². The molecule has 0 amide bonds. The fraction of sp³-hybridized carbons (Fsp3) is 0.947. The Bertz CT molecular complexity index is 343. The van der Waals surface area contributed by atoms with Crippen LogP contribution in [0.4, 0.5) is 0 Å². The number of rotatable bonds is 6. The first-order chi connectivity index (χ1) is 11.1. The van der Waals surface area contributed by atoms with Gasteiger partial charge in [0.25, 0.3) is 0 Å². The van der Waals surface area contributed by atoms with Gasteiger partial charge in [0.15, 0.2) is 5.96 Å². The van der Waals surface area contributed by atoms with Gasteiger partial charge in [0, 0.05) is 25.7 Å². The van der Waals surface area contributed by atoms with Crippen molar-refractivity contribution in [3.63, 3.8) is 0 Å². The highest BCUT2D eigenvalue weighted by Gasteiger charge is 2.20. The van der Waals surface area contributed by atoms with Gasteiger partial charge in [-0.1, -0.05) is 39.5 Å². The van der Waals surface area contributed by atoms with Crippen LogP contribution in [0.2, 0.25) is 0 Å². The lowest BCUT2D eigenvalue weighted by atomic mass is 9.92. The molecule has 142 valence electrons. The molecule has 24 heavy (non-hydrogen) atoms. The fourth-order valence-electron chi connectivity index (χ4n) is 4.30. The quantitative estimate of drug-likeness (QED) is 0.212. The van der Waals surface area contributed by atoms with Crippen molar-refractivity contribution >= 4 is 29.9 Å². The van der Waals surface area contributed by atoms with Crippen LogP contribution in [0.25, 0.3) is 0 Å². The van der Waals surface area contributed by atoms with E-state index in [1.54, 1.807) is 0 Å². The Labute approximate surface area is 166 Å². The smallest absolute Gasteiger partial charge is 0.188 e.